The lowest BCUT2D eigenvalue weighted by Crippen LogP contribution is -2.38. The van der Waals surface area contributed by atoms with Crippen molar-refractivity contribution in [3.05, 3.63) is 82.1 Å². The van der Waals surface area contributed by atoms with Gasteiger partial charge in [0.05, 0.1) is 11.1 Å². The number of ether oxygens (including phenoxy) is 1. The Morgan fingerprint density at radius 2 is 1.81 bits per heavy atom. The molecule has 1 aliphatic rings. The number of benzene rings is 2. The first kappa shape index (κ1) is 20.8. The highest BCUT2D eigenvalue weighted by Crippen LogP contribution is 2.19. The summed E-state index contributed by atoms with van der Waals surface area (Å²) in [6.07, 6.45) is 1.89. The number of carbonyl (C=O) groups is 2. The third-order valence-corrected chi connectivity index (χ3v) is 5.88. The third-order valence-electron chi connectivity index (χ3n) is 5.88. The monoisotopic (exact) mass is 418 g/mol. The van der Waals surface area contributed by atoms with Crippen LogP contribution in [0, 0.1) is 0 Å². The van der Waals surface area contributed by atoms with E-state index >= 15 is 0 Å². The summed E-state index contributed by atoms with van der Waals surface area (Å²) in [5.41, 5.74) is 1.49. The predicted octanol–water partition coefficient (Wildman–Crippen LogP) is 4.24. The fraction of sp³-hybridized carbons (Fsp3) is 0.320. The third kappa shape index (κ3) is 4.24. The van der Waals surface area contributed by atoms with Gasteiger partial charge in [-0.05, 0) is 44.4 Å². The first-order chi connectivity index (χ1) is 15.0. The molecular formula is C25H26N2O4. The van der Waals surface area contributed by atoms with E-state index in [0.29, 0.717) is 18.5 Å². The van der Waals surface area contributed by atoms with Crippen molar-refractivity contribution in [3.8, 4) is 0 Å². The Bertz CT molecular complexity index is 1170. The number of fused-ring (bicyclic) bond motifs is 1. The first-order valence-corrected chi connectivity index (χ1v) is 10.6. The number of pyridine rings is 1. The normalized spacial score (nSPS) is 17.0. The molecule has 2 atom stereocenters. The maximum Gasteiger partial charge on any atom is 0.410 e. The summed E-state index contributed by atoms with van der Waals surface area (Å²) in [4.78, 5) is 40.3. The zero-order valence-corrected chi connectivity index (χ0v) is 17.8. The topological polar surface area (TPSA) is 68.6 Å². The zero-order valence-electron chi connectivity index (χ0n) is 17.8. The quantitative estimate of drug-likeness (QED) is 0.581. The van der Waals surface area contributed by atoms with E-state index in [1.807, 2.05) is 54.0 Å². The summed E-state index contributed by atoms with van der Waals surface area (Å²) in [7, 11) is 0. The van der Waals surface area contributed by atoms with Gasteiger partial charge in [0, 0.05) is 30.7 Å². The van der Waals surface area contributed by atoms with E-state index in [4.69, 9.17) is 4.74 Å². The Kier molecular flexibility index (Phi) is 5.89. The van der Waals surface area contributed by atoms with Gasteiger partial charge in [0.15, 0.2) is 11.5 Å². The maximum atomic E-state index is 13.1. The molecule has 6 nitrogen and oxygen atoms in total. The summed E-state index contributed by atoms with van der Waals surface area (Å²) in [5.74, 6) is -0.488. The van der Waals surface area contributed by atoms with Crippen LogP contribution >= 0.6 is 0 Å². The predicted molar refractivity (Wildman–Crippen MR) is 119 cm³/mol. The van der Waals surface area contributed by atoms with Gasteiger partial charge < -0.3 is 14.2 Å². The van der Waals surface area contributed by atoms with Crippen molar-refractivity contribution >= 4 is 22.8 Å². The van der Waals surface area contributed by atoms with Gasteiger partial charge >= 0.3 is 6.09 Å². The number of Topliss-reactive ketones (excluding diaryl/α,β-unsaturated/α-hetero) is 1. The number of para-hydroxylation sites is 1. The van der Waals surface area contributed by atoms with Gasteiger partial charge in [0.25, 0.3) is 0 Å². The van der Waals surface area contributed by atoms with Gasteiger partial charge in [-0.25, -0.2) is 4.79 Å². The number of aromatic nitrogens is 1. The van der Waals surface area contributed by atoms with Crippen molar-refractivity contribution < 1.29 is 14.3 Å². The van der Waals surface area contributed by atoms with Crippen molar-refractivity contribution in [2.24, 2.45) is 0 Å². The lowest BCUT2D eigenvalue weighted by Gasteiger charge is -2.23. The smallest absolute Gasteiger partial charge is 0.410 e. The molecule has 0 spiro atoms. The number of hydrogen-bond acceptors (Lipinski definition) is 4. The molecule has 1 saturated heterocycles. The highest BCUT2D eigenvalue weighted by Gasteiger charge is 2.30. The van der Waals surface area contributed by atoms with Gasteiger partial charge in [-0.3, -0.25) is 9.59 Å². The molecule has 1 unspecified atom stereocenters. The van der Waals surface area contributed by atoms with Gasteiger partial charge in [-0.2, -0.15) is 0 Å². The molecule has 0 aliphatic carbocycles. The Labute approximate surface area is 181 Å². The summed E-state index contributed by atoms with van der Waals surface area (Å²) in [5, 5.41) is 0.468. The molecular weight excluding hydrogens is 392 g/mol. The average molecular weight is 418 g/mol. The molecule has 0 radical (unpaired) electrons. The van der Waals surface area contributed by atoms with Crippen LogP contribution in [0.5, 0.6) is 0 Å². The molecule has 6 heteroatoms. The van der Waals surface area contributed by atoms with Crippen LogP contribution in [0.4, 0.5) is 4.79 Å². The van der Waals surface area contributed by atoms with E-state index < -0.39 is 18.0 Å². The molecule has 1 aromatic heterocycles. The van der Waals surface area contributed by atoms with Crippen LogP contribution in [0.2, 0.25) is 0 Å². The van der Waals surface area contributed by atoms with E-state index in [1.165, 1.54) is 6.92 Å². The van der Waals surface area contributed by atoms with E-state index in [1.54, 1.807) is 23.2 Å². The summed E-state index contributed by atoms with van der Waals surface area (Å²) in [6, 6.07) is 17.2. The van der Waals surface area contributed by atoms with E-state index in [0.717, 1.165) is 23.9 Å². The molecule has 2 aromatic carbocycles. The van der Waals surface area contributed by atoms with Gasteiger partial charge in [0.1, 0.15) is 0 Å². The van der Waals surface area contributed by atoms with E-state index in [-0.39, 0.29) is 17.0 Å². The second-order valence-electron chi connectivity index (χ2n) is 8.08. The van der Waals surface area contributed by atoms with E-state index in [9.17, 15) is 14.4 Å². The summed E-state index contributed by atoms with van der Waals surface area (Å²) >= 11 is 0. The van der Waals surface area contributed by atoms with Crippen LogP contribution in [0.1, 0.15) is 42.6 Å². The van der Waals surface area contributed by atoms with Crippen LogP contribution < -0.4 is 5.43 Å². The minimum atomic E-state index is -1.04. The number of amides is 1. The second kappa shape index (κ2) is 8.76. The van der Waals surface area contributed by atoms with Crippen molar-refractivity contribution in [3.63, 3.8) is 0 Å². The van der Waals surface area contributed by atoms with Crippen molar-refractivity contribution in [2.75, 3.05) is 6.54 Å². The highest BCUT2D eigenvalue weighted by molar-refractivity contribution is 6.02. The van der Waals surface area contributed by atoms with E-state index in [2.05, 4.69) is 0 Å². The maximum absolute atomic E-state index is 13.1. The molecule has 1 aliphatic heterocycles. The largest absolute Gasteiger partial charge is 0.438 e. The number of carbonyl (C=O) groups excluding carboxylic acids is 2. The zero-order chi connectivity index (χ0) is 22.0. The molecule has 0 N–H and O–H groups in total. The number of hydrogen-bond donors (Lipinski definition) is 0. The Morgan fingerprint density at radius 3 is 2.52 bits per heavy atom. The van der Waals surface area contributed by atoms with Crippen molar-refractivity contribution in [2.45, 2.75) is 45.4 Å². The average Bonchev–Trinajstić information content (AvgIpc) is 3.22. The number of ketones is 1. The highest BCUT2D eigenvalue weighted by atomic mass is 16.6. The fourth-order valence-corrected chi connectivity index (χ4v) is 4.13. The molecule has 160 valence electrons. The molecule has 1 fully saturated rings. The Balaban J connectivity index is 1.66. The molecule has 1 amide bonds. The van der Waals surface area contributed by atoms with Crippen molar-refractivity contribution in [1.82, 2.24) is 9.47 Å². The summed E-state index contributed by atoms with van der Waals surface area (Å²) < 4.78 is 7.33. The minimum Gasteiger partial charge on any atom is -0.438 e. The second-order valence-corrected chi connectivity index (χ2v) is 8.08. The van der Waals surface area contributed by atoms with Crippen LogP contribution in [-0.4, -0.2) is 40.0 Å². The molecule has 31 heavy (non-hydrogen) atoms. The number of rotatable bonds is 5. The number of likely N-dealkylation sites (tertiary alicyclic amines) is 1. The standard InChI is InChI=1S/C25H26N2O4/c1-17-9-8-14-27(17)25(30)31-18(2)23(28)21-16-26(15-19-10-4-3-5-11-19)22-13-7-6-12-20(22)24(21)29/h3-7,10-13,16-18H,8-9,14-15H2,1-2H3/t17-,18?/m1/s1. The molecule has 2 heterocycles. The lowest BCUT2D eigenvalue weighted by atomic mass is 10.0. The molecule has 4 rings (SSSR count). The molecule has 0 saturated carbocycles. The van der Waals surface area contributed by atoms with Crippen LogP contribution in [0.3, 0.4) is 0 Å². The number of nitrogens with zero attached hydrogens (tertiary/aromatic N) is 2. The van der Waals surface area contributed by atoms with Gasteiger partial charge in [-0.1, -0.05) is 42.5 Å². The summed E-state index contributed by atoms with van der Waals surface area (Å²) in [6.45, 7) is 4.63. The molecule has 0 bridgehead atoms. The first-order valence-electron chi connectivity index (χ1n) is 10.6. The fourth-order valence-electron chi connectivity index (χ4n) is 4.13. The Morgan fingerprint density at radius 1 is 1.10 bits per heavy atom. The van der Waals surface area contributed by atoms with Gasteiger partial charge in [0.2, 0.25) is 5.78 Å². The van der Waals surface area contributed by atoms with Crippen LogP contribution in [-0.2, 0) is 11.3 Å². The SMILES string of the molecule is CC(OC(=O)N1CCC[C@H]1C)C(=O)c1cn(Cc2ccccc2)c2ccccc2c1=O. The van der Waals surface area contributed by atoms with Crippen molar-refractivity contribution in [1.29, 1.82) is 0 Å². The minimum absolute atomic E-state index is 0.0319. The van der Waals surface area contributed by atoms with Crippen LogP contribution in [0.15, 0.2) is 65.6 Å². The lowest BCUT2D eigenvalue weighted by molar-refractivity contribution is 0.0527. The van der Waals surface area contributed by atoms with Gasteiger partial charge in [-0.15, -0.1) is 0 Å². The molecule has 3 aromatic rings. The Hall–Kier alpha value is -3.41. The van der Waals surface area contributed by atoms with Crippen LogP contribution in [0.25, 0.3) is 10.9 Å².